The minimum atomic E-state index is -3.96. The molecule has 140 valence electrons. The van der Waals surface area contributed by atoms with Crippen molar-refractivity contribution in [3.63, 3.8) is 0 Å². The predicted octanol–water partition coefficient (Wildman–Crippen LogP) is 3.97. The lowest BCUT2D eigenvalue weighted by molar-refractivity contribution is -0.130. The van der Waals surface area contributed by atoms with Gasteiger partial charge in [-0.1, -0.05) is 65.1 Å². The molecule has 0 radical (unpaired) electrons. The number of sulfonamides is 1. The third-order valence-electron chi connectivity index (χ3n) is 3.55. The fourth-order valence-electron chi connectivity index (χ4n) is 2.29. The van der Waals surface area contributed by atoms with E-state index in [2.05, 4.69) is 4.72 Å². The van der Waals surface area contributed by atoms with Crippen LogP contribution in [0.1, 0.15) is 12.0 Å². The molecule has 2 rings (SSSR count). The molecule has 2 aromatic carbocycles. The van der Waals surface area contributed by atoms with Gasteiger partial charge in [0.05, 0.1) is 10.0 Å². The van der Waals surface area contributed by atoms with Crippen LogP contribution in [0.15, 0.2) is 47.4 Å². The van der Waals surface area contributed by atoms with Crippen molar-refractivity contribution in [2.45, 2.75) is 17.9 Å². The monoisotopic (exact) mass is 434 g/mol. The average molecular weight is 436 g/mol. The number of carbonyl (C=O) groups excluding carboxylic acids is 1. The molecule has 0 aliphatic carbocycles. The van der Waals surface area contributed by atoms with Crippen molar-refractivity contribution in [2.75, 3.05) is 13.6 Å². The van der Waals surface area contributed by atoms with Crippen LogP contribution in [0.5, 0.6) is 0 Å². The normalized spacial score (nSPS) is 11.4. The van der Waals surface area contributed by atoms with Crippen molar-refractivity contribution in [3.05, 3.63) is 63.1 Å². The first-order valence-electron chi connectivity index (χ1n) is 7.63. The molecular weight excluding hydrogens is 419 g/mol. The van der Waals surface area contributed by atoms with Gasteiger partial charge in [0.1, 0.15) is 4.90 Å². The quantitative estimate of drug-likeness (QED) is 0.715. The maximum atomic E-state index is 12.4. The Hall–Kier alpha value is -1.31. The molecule has 0 aliphatic rings. The molecule has 0 spiro atoms. The van der Waals surface area contributed by atoms with Crippen molar-refractivity contribution in [1.82, 2.24) is 9.62 Å². The number of halogens is 3. The minimum absolute atomic E-state index is 0.00535. The van der Waals surface area contributed by atoms with Crippen molar-refractivity contribution >= 4 is 50.7 Å². The Balaban J connectivity index is 1.95. The highest BCUT2D eigenvalue weighted by Gasteiger charge is 2.22. The van der Waals surface area contributed by atoms with E-state index < -0.39 is 10.0 Å². The highest BCUT2D eigenvalue weighted by molar-refractivity contribution is 7.89. The zero-order valence-corrected chi connectivity index (χ0v) is 17.0. The second-order valence-electron chi connectivity index (χ2n) is 5.58. The summed E-state index contributed by atoms with van der Waals surface area (Å²) in [4.78, 5) is 13.4. The highest BCUT2D eigenvalue weighted by atomic mass is 35.5. The molecule has 0 unspecified atom stereocenters. The zero-order valence-electron chi connectivity index (χ0n) is 13.9. The Morgan fingerprint density at radius 2 is 1.65 bits per heavy atom. The van der Waals surface area contributed by atoms with Gasteiger partial charge in [-0.05, 0) is 17.7 Å². The number of carbonyl (C=O) groups is 1. The molecule has 0 atom stereocenters. The van der Waals surface area contributed by atoms with E-state index in [4.69, 9.17) is 34.8 Å². The van der Waals surface area contributed by atoms with E-state index in [0.29, 0.717) is 6.54 Å². The molecule has 0 saturated heterocycles. The summed E-state index contributed by atoms with van der Waals surface area (Å²) >= 11 is 17.7. The molecule has 0 bridgehead atoms. The van der Waals surface area contributed by atoms with E-state index >= 15 is 0 Å². The standard InChI is InChI=1S/C17H17Cl3N2O3S/c1-22(11-12-5-3-2-4-6-12)16(23)7-8-21-26(24,25)17-14(19)9-13(18)10-15(17)20/h2-6,9-10,21H,7-8,11H2,1H3. The maximum Gasteiger partial charge on any atom is 0.243 e. The van der Waals surface area contributed by atoms with E-state index in [1.54, 1.807) is 7.05 Å². The summed E-state index contributed by atoms with van der Waals surface area (Å²) < 4.78 is 27.1. The third kappa shape index (κ3) is 5.59. The van der Waals surface area contributed by atoms with E-state index in [1.165, 1.54) is 17.0 Å². The molecular formula is C17H17Cl3N2O3S. The summed E-state index contributed by atoms with van der Waals surface area (Å²) in [6.45, 7) is 0.372. The topological polar surface area (TPSA) is 66.5 Å². The molecule has 0 saturated carbocycles. The molecule has 0 heterocycles. The molecule has 1 N–H and O–H groups in total. The summed E-state index contributed by atoms with van der Waals surface area (Å²) in [5.74, 6) is -0.190. The van der Waals surface area contributed by atoms with Gasteiger partial charge >= 0.3 is 0 Å². The first-order chi connectivity index (χ1) is 12.2. The van der Waals surface area contributed by atoms with Gasteiger partial charge in [-0.3, -0.25) is 4.79 Å². The van der Waals surface area contributed by atoms with Crippen molar-refractivity contribution < 1.29 is 13.2 Å². The van der Waals surface area contributed by atoms with E-state index in [0.717, 1.165) is 5.56 Å². The molecule has 0 aromatic heterocycles. The summed E-state index contributed by atoms with van der Waals surface area (Å²) in [6.07, 6.45) is 0.00535. The van der Waals surface area contributed by atoms with Crippen LogP contribution in [-0.2, 0) is 21.4 Å². The largest absolute Gasteiger partial charge is 0.341 e. The minimum Gasteiger partial charge on any atom is -0.341 e. The number of rotatable bonds is 7. The van der Waals surface area contributed by atoms with Crippen LogP contribution < -0.4 is 4.72 Å². The van der Waals surface area contributed by atoms with Crippen LogP contribution >= 0.6 is 34.8 Å². The second-order valence-corrected chi connectivity index (χ2v) is 8.54. The van der Waals surface area contributed by atoms with E-state index in [-0.39, 0.29) is 38.8 Å². The SMILES string of the molecule is CN(Cc1ccccc1)C(=O)CCNS(=O)(=O)c1c(Cl)cc(Cl)cc1Cl. The number of nitrogens with one attached hydrogen (secondary N) is 1. The lowest BCUT2D eigenvalue weighted by Gasteiger charge is -2.17. The summed E-state index contributed by atoms with van der Waals surface area (Å²) in [5.41, 5.74) is 0.989. The van der Waals surface area contributed by atoms with Gasteiger partial charge in [0.2, 0.25) is 15.9 Å². The Morgan fingerprint density at radius 3 is 2.23 bits per heavy atom. The van der Waals surface area contributed by atoms with Gasteiger partial charge in [-0.15, -0.1) is 0 Å². The lowest BCUT2D eigenvalue weighted by atomic mass is 10.2. The Bertz CT molecular complexity index is 866. The maximum absolute atomic E-state index is 12.4. The molecule has 26 heavy (non-hydrogen) atoms. The van der Waals surface area contributed by atoms with Gasteiger partial charge in [0.15, 0.2) is 0 Å². The van der Waals surface area contributed by atoms with Crippen LogP contribution in [0.25, 0.3) is 0 Å². The molecule has 5 nitrogen and oxygen atoms in total. The fourth-order valence-corrected chi connectivity index (χ4v) is 4.86. The van der Waals surface area contributed by atoms with Gasteiger partial charge in [-0.25, -0.2) is 13.1 Å². The van der Waals surface area contributed by atoms with Crippen molar-refractivity contribution in [3.8, 4) is 0 Å². The van der Waals surface area contributed by atoms with Gasteiger partial charge < -0.3 is 4.90 Å². The smallest absolute Gasteiger partial charge is 0.243 e. The van der Waals surface area contributed by atoms with Crippen LogP contribution in [0.2, 0.25) is 15.1 Å². The zero-order chi connectivity index (χ0) is 19.3. The Morgan fingerprint density at radius 1 is 1.08 bits per heavy atom. The molecule has 1 amide bonds. The van der Waals surface area contributed by atoms with Crippen LogP contribution in [-0.4, -0.2) is 32.8 Å². The average Bonchev–Trinajstić information content (AvgIpc) is 2.54. The fraction of sp³-hybridized carbons (Fsp3) is 0.235. The lowest BCUT2D eigenvalue weighted by Crippen LogP contribution is -2.32. The highest BCUT2D eigenvalue weighted by Crippen LogP contribution is 2.32. The Kier molecular flexibility index (Phi) is 7.32. The van der Waals surface area contributed by atoms with Crippen LogP contribution in [0, 0.1) is 0 Å². The molecule has 2 aromatic rings. The Labute approximate surface area is 167 Å². The number of nitrogens with zero attached hydrogens (tertiary/aromatic N) is 1. The van der Waals surface area contributed by atoms with Gasteiger partial charge in [0.25, 0.3) is 0 Å². The summed E-state index contributed by atoms with van der Waals surface area (Å²) in [7, 11) is -2.30. The number of amides is 1. The van der Waals surface area contributed by atoms with E-state index in [1.807, 2.05) is 30.3 Å². The van der Waals surface area contributed by atoms with Gasteiger partial charge in [0, 0.05) is 31.6 Å². The second kappa shape index (κ2) is 9.06. The molecule has 0 aliphatic heterocycles. The van der Waals surface area contributed by atoms with Gasteiger partial charge in [-0.2, -0.15) is 0 Å². The van der Waals surface area contributed by atoms with Crippen LogP contribution in [0.4, 0.5) is 0 Å². The summed E-state index contributed by atoms with van der Waals surface area (Å²) in [5, 5.41) is 0.0710. The van der Waals surface area contributed by atoms with Crippen molar-refractivity contribution in [2.24, 2.45) is 0 Å². The van der Waals surface area contributed by atoms with Crippen molar-refractivity contribution in [1.29, 1.82) is 0 Å². The number of benzene rings is 2. The molecule has 0 fully saturated rings. The first kappa shape index (κ1) is 21.0. The predicted molar refractivity (Wildman–Crippen MR) is 104 cm³/mol. The number of hydrogen-bond donors (Lipinski definition) is 1. The molecule has 9 heteroatoms. The van der Waals surface area contributed by atoms with Crippen LogP contribution in [0.3, 0.4) is 0 Å². The first-order valence-corrected chi connectivity index (χ1v) is 10.2. The van der Waals surface area contributed by atoms with E-state index in [9.17, 15) is 13.2 Å². The third-order valence-corrected chi connectivity index (χ3v) is 6.15. The summed E-state index contributed by atoms with van der Waals surface area (Å²) in [6, 6.07) is 12.1. The number of hydrogen-bond acceptors (Lipinski definition) is 3.